The smallest absolute Gasteiger partial charge is 0.251 e. The SMILES string of the molecule is CCOCCCNC(=NC)NCc1cccc(C(=O)NCCN(C)C)c1. The minimum atomic E-state index is -0.0490. The summed E-state index contributed by atoms with van der Waals surface area (Å²) in [5, 5.41) is 9.44. The molecule has 0 aliphatic heterocycles. The molecule has 26 heavy (non-hydrogen) atoms. The van der Waals surface area contributed by atoms with Crippen LogP contribution >= 0.6 is 0 Å². The van der Waals surface area contributed by atoms with Crippen molar-refractivity contribution in [3.05, 3.63) is 35.4 Å². The fourth-order valence-electron chi connectivity index (χ4n) is 2.25. The van der Waals surface area contributed by atoms with Crippen molar-refractivity contribution in [2.45, 2.75) is 19.9 Å². The van der Waals surface area contributed by atoms with E-state index in [1.807, 2.05) is 50.2 Å². The maximum atomic E-state index is 12.2. The third-order valence-electron chi connectivity index (χ3n) is 3.68. The second kappa shape index (κ2) is 13.1. The largest absolute Gasteiger partial charge is 0.382 e. The molecule has 0 aromatic heterocycles. The van der Waals surface area contributed by atoms with Gasteiger partial charge in [0.15, 0.2) is 5.96 Å². The Balaban J connectivity index is 2.43. The Hall–Kier alpha value is -2.12. The van der Waals surface area contributed by atoms with Crippen LogP contribution < -0.4 is 16.0 Å². The molecule has 0 atom stereocenters. The van der Waals surface area contributed by atoms with Crippen molar-refractivity contribution in [3.8, 4) is 0 Å². The highest BCUT2D eigenvalue weighted by atomic mass is 16.5. The molecule has 0 radical (unpaired) electrons. The zero-order valence-corrected chi connectivity index (χ0v) is 16.5. The highest BCUT2D eigenvalue weighted by Gasteiger charge is 2.06. The van der Waals surface area contributed by atoms with E-state index in [1.165, 1.54) is 0 Å². The molecule has 0 fully saturated rings. The van der Waals surface area contributed by atoms with E-state index < -0.39 is 0 Å². The Kier molecular flexibility index (Phi) is 11.1. The molecule has 0 saturated carbocycles. The fraction of sp³-hybridized carbons (Fsp3) is 0.579. The predicted molar refractivity (Wildman–Crippen MR) is 107 cm³/mol. The van der Waals surface area contributed by atoms with Gasteiger partial charge >= 0.3 is 0 Å². The molecule has 0 saturated heterocycles. The number of rotatable bonds is 11. The number of nitrogens with zero attached hydrogens (tertiary/aromatic N) is 2. The number of amides is 1. The molecule has 1 aromatic carbocycles. The van der Waals surface area contributed by atoms with Crippen molar-refractivity contribution >= 4 is 11.9 Å². The Bertz CT molecular complexity index is 561. The Morgan fingerprint density at radius 1 is 1.19 bits per heavy atom. The first-order valence-electron chi connectivity index (χ1n) is 9.11. The summed E-state index contributed by atoms with van der Waals surface area (Å²) in [5.74, 6) is 0.689. The first-order chi connectivity index (χ1) is 12.6. The van der Waals surface area contributed by atoms with E-state index >= 15 is 0 Å². The number of hydrogen-bond donors (Lipinski definition) is 3. The highest BCUT2D eigenvalue weighted by molar-refractivity contribution is 5.94. The standard InChI is InChI=1S/C19H33N5O2/c1-5-26-13-7-10-22-19(20-2)23-15-16-8-6-9-17(14-16)18(25)21-11-12-24(3)4/h6,8-9,14H,5,7,10-13,15H2,1-4H3,(H,21,25)(H2,20,22,23). The number of aliphatic imine (C=N–C) groups is 1. The molecule has 1 rings (SSSR count). The van der Waals surface area contributed by atoms with E-state index in [2.05, 4.69) is 20.9 Å². The van der Waals surface area contributed by atoms with Crippen molar-refractivity contribution in [2.75, 3.05) is 54.0 Å². The average molecular weight is 364 g/mol. The van der Waals surface area contributed by atoms with Gasteiger partial charge in [0.2, 0.25) is 0 Å². The summed E-state index contributed by atoms with van der Waals surface area (Å²) in [4.78, 5) is 18.4. The lowest BCUT2D eigenvalue weighted by Crippen LogP contribution is -2.37. The number of likely N-dealkylation sites (N-methyl/N-ethyl adjacent to an activating group) is 1. The molecule has 0 aliphatic carbocycles. The molecule has 7 nitrogen and oxygen atoms in total. The number of guanidine groups is 1. The third-order valence-corrected chi connectivity index (χ3v) is 3.68. The number of hydrogen-bond acceptors (Lipinski definition) is 4. The minimum Gasteiger partial charge on any atom is -0.382 e. The van der Waals surface area contributed by atoms with Crippen molar-refractivity contribution in [2.24, 2.45) is 4.99 Å². The minimum absolute atomic E-state index is 0.0490. The summed E-state index contributed by atoms with van der Waals surface area (Å²) in [7, 11) is 5.71. The van der Waals surface area contributed by atoms with Crippen LogP contribution in [0.25, 0.3) is 0 Å². The van der Waals surface area contributed by atoms with E-state index in [4.69, 9.17) is 4.74 Å². The third kappa shape index (κ3) is 9.39. The molecule has 0 heterocycles. The van der Waals surface area contributed by atoms with Gasteiger partial charge in [0.25, 0.3) is 5.91 Å². The summed E-state index contributed by atoms with van der Waals surface area (Å²) in [6.45, 7) is 6.32. The van der Waals surface area contributed by atoms with Gasteiger partial charge in [-0.2, -0.15) is 0 Å². The molecule has 0 bridgehead atoms. The quantitative estimate of drug-likeness (QED) is 0.311. The van der Waals surface area contributed by atoms with Crippen LogP contribution in [0.2, 0.25) is 0 Å². The van der Waals surface area contributed by atoms with Crippen LogP contribution in [0.3, 0.4) is 0 Å². The van der Waals surface area contributed by atoms with E-state index in [9.17, 15) is 4.79 Å². The van der Waals surface area contributed by atoms with E-state index in [1.54, 1.807) is 7.05 Å². The van der Waals surface area contributed by atoms with Gasteiger partial charge in [0, 0.05) is 52.0 Å². The lowest BCUT2D eigenvalue weighted by Gasteiger charge is -2.13. The summed E-state index contributed by atoms with van der Waals surface area (Å²) in [5.41, 5.74) is 1.70. The second-order valence-electron chi connectivity index (χ2n) is 6.16. The molecule has 3 N–H and O–H groups in total. The molecular formula is C19H33N5O2. The van der Waals surface area contributed by atoms with Crippen LogP contribution in [0.4, 0.5) is 0 Å². The number of carbonyl (C=O) groups excluding carboxylic acids is 1. The number of benzene rings is 1. The van der Waals surface area contributed by atoms with Crippen molar-refractivity contribution in [1.29, 1.82) is 0 Å². The number of carbonyl (C=O) groups is 1. The Labute approximate surface area is 157 Å². The first-order valence-corrected chi connectivity index (χ1v) is 9.11. The summed E-state index contributed by atoms with van der Waals surface area (Å²) in [6, 6.07) is 7.62. The maximum absolute atomic E-state index is 12.2. The van der Waals surface area contributed by atoms with Gasteiger partial charge in [-0.15, -0.1) is 0 Å². The second-order valence-corrected chi connectivity index (χ2v) is 6.16. The lowest BCUT2D eigenvalue weighted by atomic mass is 10.1. The average Bonchev–Trinajstić information content (AvgIpc) is 2.64. The van der Waals surface area contributed by atoms with Crippen molar-refractivity contribution in [3.63, 3.8) is 0 Å². The number of nitrogens with one attached hydrogen (secondary N) is 3. The first kappa shape index (κ1) is 21.9. The zero-order chi connectivity index (χ0) is 19.2. The van der Waals surface area contributed by atoms with Gasteiger partial charge < -0.3 is 25.6 Å². The van der Waals surface area contributed by atoms with E-state index in [-0.39, 0.29) is 5.91 Å². The van der Waals surface area contributed by atoms with Gasteiger partial charge in [-0.05, 0) is 45.1 Å². The van der Waals surface area contributed by atoms with Crippen LogP contribution in [0, 0.1) is 0 Å². The van der Waals surface area contributed by atoms with Crippen LogP contribution in [0.5, 0.6) is 0 Å². The highest BCUT2D eigenvalue weighted by Crippen LogP contribution is 2.05. The maximum Gasteiger partial charge on any atom is 0.251 e. The van der Waals surface area contributed by atoms with Crippen molar-refractivity contribution in [1.82, 2.24) is 20.9 Å². The van der Waals surface area contributed by atoms with Crippen LogP contribution in [-0.2, 0) is 11.3 Å². The van der Waals surface area contributed by atoms with Gasteiger partial charge in [0.1, 0.15) is 0 Å². The zero-order valence-electron chi connectivity index (χ0n) is 16.5. The topological polar surface area (TPSA) is 78.0 Å². The molecule has 0 aliphatic rings. The summed E-state index contributed by atoms with van der Waals surface area (Å²) < 4.78 is 5.31. The normalized spacial score (nSPS) is 11.5. The monoisotopic (exact) mass is 363 g/mol. The molecule has 0 spiro atoms. The van der Waals surface area contributed by atoms with Gasteiger partial charge in [-0.1, -0.05) is 12.1 Å². The summed E-state index contributed by atoms with van der Waals surface area (Å²) in [6.07, 6.45) is 0.928. The predicted octanol–water partition coefficient (Wildman–Crippen LogP) is 1.07. The molecule has 7 heteroatoms. The Morgan fingerprint density at radius 3 is 2.69 bits per heavy atom. The van der Waals surface area contributed by atoms with Crippen LogP contribution in [0.15, 0.2) is 29.3 Å². The molecule has 146 valence electrons. The molecular weight excluding hydrogens is 330 g/mol. The molecule has 1 amide bonds. The van der Waals surface area contributed by atoms with Crippen molar-refractivity contribution < 1.29 is 9.53 Å². The van der Waals surface area contributed by atoms with E-state index in [0.717, 1.165) is 44.2 Å². The number of ether oxygens (including phenoxy) is 1. The fourth-order valence-corrected chi connectivity index (χ4v) is 2.25. The molecule has 1 aromatic rings. The van der Waals surface area contributed by atoms with Crippen LogP contribution in [-0.4, -0.2) is 70.8 Å². The summed E-state index contributed by atoms with van der Waals surface area (Å²) >= 11 is 0. The van der Waals surface area contributed by atoms with Gasteiger partial charge in [0.05, 0.1) is 0 Å². The van der Waals surface area contributed by atoms with Gasteiger partial charge in [-0.3, -0.25) is 9.79 Å². The lowest BCUT2D eigenvalue weighted by molar-refractivity contribution is 0.0951. The Morgan fingerprint density at radius 2 is 2.00 bits per heavy atom. The van der Waals surface area contributed by atoms with Gasteiger partial charge in [-0.25, -0.2) is 0 Å². The van der Waals surface area contributed by atoms with E-state index in [0.29, 0.717) is 18.7 Å². The van der Waals surface area contributed by atoms with Crippen LogP contribution in [0.1, 0.15) is 29.3 Å². The molecule has 0 unspecified atom stereocenters.